The monoisotopic (exact) mass is 243 g/mol. The van der Waals surface area contributed by atoms with E-state index in [2.05, 4.69) is 13.8 Å². The number of alkyl halides is 3. The van der Waals surface area contributed by atoms with E-state index in [-0.39, 0.29) is 17.4 Å². The zero-order chi connectivity index (χ0) is 12.8. The lowest BCUT2D eigenvalue weighted by Crippen LogP contribution is -2.16. The molecular formula is C13H16F3N. The summed E-state index contributed by atoms with van der Waals surface area (Å²) >= 11 is 0. The zero-order valence-corrected chi connectivity index (χ0v) is 9.88. The summed E-state index contributed by atoms with van der Waals surface area (Å²) < 4.78 is 37.7. The lowest BCUT2D eigenvalue weighted by atomic mass is 9.96. The number of rotatable bonds is 2. The van der Waals surface area contributed by atoms with E-state index in [1.165, 1.54) is 12.1 Å². The van der Waals surface area contributed by atoms with Crippen LogP contribution in [0.5, 0.6) is 0 Å². The molecule has 1 aliphatic carbocycles. The average Bonchev–Trinajstić information content (AvgIpc) is 2.86. The average molecular weight is 243 g/mol. The van der Waals surface area contributed by atoms with Crippen LogP contribution in [0.2, 0.25) is 0 Å². The molecule has 0 amide bonds. The number of nitrogens with two attached hydrogens (primary N) is 1. The smallest absolute Gasteiger partial charge is 0.324 e. The Morgan fingerprint density at radius 3 is 2.41 bits per heavy atom. The van der Waals surface area contributed by atoms with Crippen molar-refractivity contribution in [1.82, 2.24) is 0 Å². The highest BCUT2D eigenvalue weighted by Crippen LogP contribution is 2.57. The van der Waals surface area contributed by atoms with Gasteiger partial charge in [-0.1, -0.05) is 26.0 Å². The number of benzene rings is 1. The van der Waals surface area contributed by atoms with Gasteiger partial charge in [0.15, 0.2) is 0 Å². The highest BCUT2D eigenvalue weighted by molar-refractivity contribution is 5.29. The van der Waals surface area contributed by atoms with Crippen LogP contribution in [0.15, 0.2) is 24.3 Å². The second-order valence-electron chi connectivity index (χ2n) is 5.45. The molecule has 0 heterocycles. The molecule has 1 fully saturated rings. The number of hydrogen-bond acceptors (Lipinski definition) is 1. The molecule has 0 aromatic heterocycles. The van der Waals surface area contributed by atoms with E-state index >= 15 is 0 Å². The Morgan fingerprint density at radius 1 is 1.35 bits per heavy atom. The van der Waals surface area contributed by atoms with E-state index in [1.54, 1.807) is 6.07 Å². The highest BCUT2D eigenvalue weighted by atomic mass is 19.4. The van der Waals surface area contributed by atoms with Crippen LogP contribution in [0.4, 0.5) is 13.2 Å². The first-order valence-corrected chi connectivity index (χ1v) is 5.64. The molecule has 2 atom stereocenters. The molecule has 94 valence electrons. The molecule has 0 saturated heterocycles. The topological polar surface area (TPSA) is 26.0 Å². The summed E-state index contributed by atoms with van der Waals surface area (Å²) in [7, 11) is 0. The van der Waals surface area contributed by atoms with Crippen molar-refractivity contribution in [2.75, 3.05) is 0 Å². The molecular weight excluding hydrogens is 227 g/mol. The Morgan fingerprint density at radius 2 is 1.94 bits per heavy atom. The van der Waals surface area contributed by atoms with E-state index in [1.807, 2.05) is 0 Å². The van der Waals surface area contributed by atoms with Crippen LogP contribution in [0.1, 0.15) is 37.4 Å². The lowest BCUT2D eigenvalue weighted by molar-refractivity contribution is -0.137. The van der Waals surface area contributed by atoms with Crippen molar-refractivity contribution in [3.8, 4) is 0 Å². The normalized spacial score (nSPS) is 24.5. The fourth-order valence-corrected chi connectivity index (χ4v) is 2.28. The maximum absolute atomic E-state index is 12.6. The van der Waals surface area contributed by atoms with Gasteiger partial charge in [0, 0.05) is 6.04 Å². The van der Waals surface area contributed by atoms with Gasteiger partial charge in [-0.25, -0.2) is 0 Å². The van der Waals surface area contributed by atoms with E-state index in [9.17, 15) is 13.2 Å². The van der Waals surface area contributed by atoms with Gasteiger partial charge in [0.25, 0.3) is 0 Å². The Balaban J connectivity index is 2.23. The van der Waals surface area contributed by atoms with Crippen molar-refractivity contribution in [2.45, 2.75) is 32.5 Å². The lowest BCUT2D eigenvalue weighted by Gasteiger charge is -2.16. The van der Waals surface area contributed by atoms with Crippen LogP contribution in [0.3, 0.4) is 0 Å². The molecule has 4 heteroatoms. The first-order valence-electron chi connectivity index (χ1n) is 5.64. The second-order valence-corrected chi connectivity index (χ2v) is 5.45. The maximum Gasteiger partial charge on any atom is 0.416 e. The Labute approximate surface area is 98.8 Å². The molecule has 2 unspecified atom stereocenters. The molecule has 17 heavy (non-hydrogen) atoms. The van der Waals surface area contributed by atoms with Crippen molar-refractivity contribution >= 4 is 0 Å². The van der Waals surface area contributed by atoms with E-state index in [4.69, 9.17) is 5.73 Å². The molecule has 1 aromatic carbocycles. The SMILES string of the molecule is CC1(C)CC1C(N)c1cccc(C(F)(F)F)c1. The van der Waals surface area contributed by atoms with Crippen molar-refractivity contribution in [1.29, 1.82) is 0 Å². The fraction of sp³-hybridized carbons (Fsp3) is 0.538. The molecule has 2 N–H and O–H groups in total. The predicted octanol–water partition coefficient (Wildman–Crippen LogP) is 3.75. The summed E-state index contributed by atoms with van der Waals surface area (Å²) in [5, 5.41) is 0. The third-order valence-corrected chi connectivity index (χ3v) is 3.62. The first-order chi connectivity index (χ1) is 7.72. The number of hydrogen-bond donors (Lipinski definition) is 1. The van der Waals surface area contributed by atoms with E-state index in [0.29, 0.717) is 5.56 Å². The highest BCUT2D eigenvalue weighted by Gasteiger charge is 2.49. The van der Waals surface area contributed by atoms with Crippen molar-refractivity contribution in [3.63, 3.8) is 0 Å². The molecule has 1 aliphatic rings. The third kappa shape index (κ3) is 2.46. The third-order valence-electron chi connectivity index (χ3n) is 3.62. The second kappa shape index (κ2) is 3.73. The summed E-state index contributed by atoms with van der Waals surface area (Å²) in [6, 6.07) is 5.04. The van der Waals surface area contributed by atoms with Crippen LogP contribution < -0.4 is 5.73 Å². The molecule has 1 saturated carbocycles. The molecule has 1 aromatic rings. The summed E-state index contributed by atoms with van der Waals surface area (Å²) in [6.45, 7) is 4.18. The van der Waals surface area contributed by atoms with Gasteiger partial charge in [-0.05, 0) is 35.4 Å². The molecule has 0 aliphatic heterocycles. The zero-order valence-electron chi connectivity index (χ0n) is 9.88. The van der Waals surface area contributed by atoms with Gasteiger partial charge in [-0.3, -0.25) is 0 Å². The van der Waals surface area contributed by atoms with Crippen LogP contribution in [0.25, 0.3) is 0 Å². The van der Waals surface area contributed by atoms with Crippen LogP contribution >= 0.6 is 0 Å². The molecule has 0 radical (unpaired) electrons. The maximum atomic E-state index is 12.6. The van der Waals surface area contributed by atoms with Crippen LogP contribution in [-0.2, 0) is 6.18 Å². The minimum Gasteiger partial charge on any atom is -0.324 e. The van der Waals surface area contributed by atoms with Gasteiger partial charge in [-0.15, -0.1) is 0 Å². The van der Waals surface area contributed by atoms with Gasteiger partial charge in [0.1, 0.15) is 0 Å². The van der Waals surface area contributed by atoms with E-state index < -0.39 is 11.7 Å². The standard InChI is InChI=1S/C13H16F3N/c1-12(2)7-10(12)11(17)8-4-3-5-9(6-8)13(14,15)16/h3-6,10-11H,7,17H2,1-2H3. The summed E-state index contributed by atoms with van der Waals surface area (Å²) in [6.07, 6.45) is -3.32. The number of halogens is 3. The van der Waals surface area contributed by atoms with Gasteiger partial charge in [-0.2, -0.15) is 13.2 Å². The Bertz CT molecular complexity index is 423. The molecule has 0 bridgehead atoms. The largest absolute Gasteiger partial charge is 0.416 e. The van der Waals surface area contributed by atoms with Gasteiger partial charge < -0.3 is 5.73 Å². The first kappa shape index (κ1) is 12.4. The molecule has 0 spiro atoms. The van der Waals surface area contributed by atoms with Crippen molar-refractivity contribution < 1.29 is 13.2 Å². The Kier molecular flexibility index (Phi) is 2.73. The quantitative estimate of drug-likeness (QED) is 0.841. The summed E-state index contributed by atoms with van der Waals surface area (Å²) in [5.41, 5.74) is 6.14. The summed E-state index contributed by atoms with van der Waals surface area (Å²) in [4.78, 5) is 0. The van der Waals surface area contributed by atoms with Gasteiger partial charge >= 0.3 is 6.18 Å². The van der Waals surface area contributed by atoms with Crippen LogP contribution in [-0.4, -0.2) is 0 Å². The fourth-order valence-electron chi connectivity index (χ4n) is 2.28. The van der Waals surface area contributed by atoms with Crippen molar-refractivity contribution in [2.24, 2.45) is 17.1 Å². The van der Waals surface area contributed by atoms with Gasteiger partial charge in [0.05, 0.1) is 5.56 Å². The minimum absolute atomic E-state index is 0.160. The van der Waals surface area contributed by atoms with Crippen LogP contribution in [0, 0.1) is 11.3 Å². The molecule has 1 nitrogen and oxygen atoms in total. The van der Waals surface area contributed by atoms with Gasteiger partial charge in [0.2, 0.25) is 0 Å². The molecule has 2 rings (SSSR count). The van der Waals surface area contributed by atoms with E-state index in [0.717, 1.165) is 12.5 Å². The Hall–Kier alpha value is -1.03. The minimum atomic E-state index is -4.30. The predicted molar refractivity (Wildman–Crippen MR) is 60.3 cm³/mol. The summed E-state index contributed by atoms with van der Waals surface area (Å²) in [5.74, 6) is 0.283. The van der Waals surface area contributed by atoms with Crippen molar-refractivity contribution in [3.05, 3.63) is 35.4 Å².